The van der Waals surface area contributed by atoms with Crippen molar-refractivity contribution in [2.75, 3.05) is 12.4 Å². The molecule has 0 aliphatic rings. The van der Waals surface area contributed by atoms with Crippen molar-refractivity contribution in [3.63, 3.8) is 0 Å². The number of methoxy groups -OCH3 is 1. The molecule has 40 heavy (non-hydrogen) atoms. The number of hydrogen-bond donors (Lipinski definition) is 2. The predicted molar refractivity (Wildman–Crippen MR) is 157 cm³/mol. The fraction of sp³-hybridized carbons (Fsp3) is 0.0938. The number of fused-ring (bicyclic) bond motifs is 1. The Kier molecular flexibility index (Phi) is 7.94. The van der Waals surface area contributed by atoms with E-state index in [-0.39, 0.29) is 5.78 Å². The lowest BCUT2D eigenvalue weighted by molar-refractivity contribution is 0.103. The molecular weight excluding hydrogens is 526 g/mol. The first kappa shape index (κ1) is 26.7. The Hall–Kier alpha value is -4.88. The van der Waals surface area contributed by atoms with Gasteiger partial charge in [-0.25, -0.2) is 4.79 Å². The molecule has 1 unspecified atom stereocenters. The highest BCUT2D eigenvalue weighted by Gasteiger charge is 2.17. The maximum atomic E-state index is 13.0. The Labute approximate surface area is 236 Å². The van der Waals surface area contributed by atoms with Crippen LogP contribution in [0.25, 0.3) is 10.8 Å². The van der Waals surface area contributed by atoms with E-state index < -0.39 is 12.1 Å². The summed E-state index contributed by atoms with van der Waals surface area (Å²) in [6, 6.07) is 27.6. The molecule has 4 aromatic carbocycles. The Morgan fingerprint density at radius 3 is 2.33 bits per heavy atom. The van der Waals surface area contributed by atoms with Crippen LogP contribution in [0.4, 0.5) is 10.5 Å². The molecule has 0 radical (unpaired) electrons. The van der Waals surface area contributed by atoms with Crippen LogP contribution in [0.2, 0.25) is 5.02 Å². The zero-order valence-electron chi connectivity index (χ0n) is 21.9. The summed E-state index contributed by atoms with van der Waals surface area (Å²) in [5.41, 5.74) is 2.24. The number of ether oxygens (including phenoxy) is 2. The first-order valence-electron chi connectivity index (χ1n) is 12.6. The number of nitrogens with one attached hydrogen (secondary N) is 2. The van der Waals surface area contributed by atoms with E-state index in [2.05, 4.69) is 15.6 Å². The number of amides is 2. The molecule has 0 saturated heterocycles. The highest BCUT2D eigenvalue weighted by atomic mass is 35.5. The molecule has 0 saturated carbocycles. The van der Waals surface area contributed by atoms with Crippen molar-refractivity contribution in [2.45, 2.75) is 13.0 Å². The van der Waals surface area contributed by atoms with E-state index in [0.29, 0.717) is 44.8 Å². The van der Waals surface area contributed by atoms with Crippen molar-refractivity contribution >= 4 is 39.9 Å². The predicted octanol–water partition coefficient (Wildman–Crippen LogP) is 7.80. The molecule has 7 nitrogen and oxygen atoms in total. The van der Waals surface area contributed by atoms with Gasteiger partial charge in [0.15, 0.2) is 11.5 Å². The quantitative estimate of drug-likeness (QED) is 0.192. The normalized spacial score (nSPS) is 11.5. The Bertz CT molecular complexity index is 1670. The molecule has 0 fully saturated rings. The van der Waals surface area contributed by atoms with E-state index in [9.17, 15) is 9.59 Å². The summed E-state index contributed by atoms with van der Waals surface area (Å²) in [5.74, 6) is 1.52. The molecule has 5 rings (SSSR count). The number of aromatic nitrogens is 1. The van der Waals surface area contributed by atoms with E-state index in [4.69, 9.17) is 21.1 Å². The third-order valence-electron chi connectivity index (χ3n) is 6.33. The minimum atomic E-state index is -0.454. The van der Waals surface area contributed by atoms with Crippen molar-refractivity contribution < 1.29 is 19.1 Å². The fourth-order valence-electron chi connectivity index (χ4n) is 4.31. The van der Waals surface area contributed by atoms with Crippen LogP contribution in [0, 0.1) is 0 Å². The molecule has 2 N–H and O–H groups in total. The van der Waals surface area contributed by atoms with Gasteiger partial charge in [-0.15, -0.1) is 0 Å². The molecule has 0 spiro atoms. The average molecular weight is 552 g/mol. The maximum absolute atomic E-state index is 13.0. The minimum Gasteiger partial charge on any atom is -0.497 e. The van der Waals surface area contributed by atoms with E-state index in [1.54, 1.807) is 67.9 Å². The van der Waals surface area contributed by atoms with Gasteiger partial charge < -0.3 is 20.1 Å². The molecule has 8 heteroatoms. The standard InChI is InChI=1S/C32H26ClN3O4/c1-20(30-27-19-26(39-2)14-8-21(27)16-17-34-30)35-32(38)36-28-18-24(33)11-15-29(28)40-25-12-9-23(10-13-25)31(37)22-6-4-3-5-7-22/h3-20H,1-2H3,(H2,35,36,38). The number of benzene rings is 4. The van der Waals surface area contributed by atoms with Gasteiger partial charge in [-0.3, -0.25) is 9.78 Å². The molecule has 1 aromatic heterocycles. The van der Waals surface area contributed by atoms with Gasteiger partial charge in [0.1, 0.15) is 11.5 Å². The van der Waals surface area contributed by atoms with Crippen LogP contribution in [0.1, 0.15) is 34.6 Å². The summed E-state index contributed by atoms with van der Waals surface area (Å²) in [5, 5.41) is 8.06. The van der Waals surface area contributed by atoms with E-state index >= 15 is 0 Å². The van der Waals surface area contributed by atoms with E-state index in [1.165, 1.54) is 0 Å². The molecule has 0 bridgehead atoms. The second-order valence-corrected chi connectivity index (χ2v) is 9.50. The van der Waals surface area contributed by atoms with Crippen LogP contribution in [0.5, 0.6) is 17.2 Å². The van der Waals surface area contributed by atoms with Crippen molar-refractivity contribution in [1.82, 2.24) is 10.3 Å². The lowest BCUT2D eigenvalue weighted by atomic mass is 10.0. The molecule has 5 aromatic rings. The summed E-state index contributed by atoms with van der Waals surface area (Å²) in [6.45, 7) is 1.86. The van der Waals surface area contributed by atoms with Gasteiger partial charge in [0.2, 0.25) is 0 Å². The van der Waals surface area contributed by atoms with Gasteiger partial charge in [-0.2, -0.15) is 0 Å². The monoisotopic (exact) mass is 551 g/mol. The molecule has 1 heterocycles. The van der Waals surface area contributed by atoms with Crippen molar-refractivity contribution in [2.24, 2.45) is 0 Å². The number of rotatable bonds is 8. The van der Waals surface area contributed by atoms with Gasteiger partial charge >= 0.3 is 6.03 Å². The SMILES string of the molecule is COc1ccc2ccnc(C(C)NC(=O)Nc3cc(Cl)ccc3Oc3ccc(C(=O)c4ccccc4)cc3)c2c1. The van der Waals surface area contributed by atoms with Crippen molar-refractivity contribution in [1.29, 1.82) is 0 Å². The maximum Gasteiger partial charge on any atom is 0.319 e. The van der Waals surface area contributed by atoms with Gasteiger partial charge in [0.05, 0.1) is 24.5 Å². The Morgan fingerprint density at radius 2 is 1.57 bits per heavy atom. The minimum absolute atomic E-state index is 0.0779. The third kappa shape index (κ3) is 6.06. The van der Waals surface area contributed by atoms with Gasteiger partial charge in [-0.05, 0) is 73.0 Å². The number of urea groups is 1. The number of halogens is 1. The number of carbonyl (C=O) groups is 2. The van der Waals surface area contributed by atoms with Gasteiger partial charge in [-0.1, -0.05) is 48.0 Å². The van der Waals surface area contributed by atoms with Crippen molar-refractivity contribution in [3.05, 3.63) is 125 Å². The van der Waals surface area contributed by atoms with Crippen LogP contribution < -0.4 is 20.1 Å². The molecule has 0 aliphatic carbocycles. The third-order valence-corrected chi connectivity index (χ3v) is 6.57. The largest absolute Gasteiger partial charge is 0.497 e. The zero-order chi connectivity index (χ0) is 28.1. The molecule has 200 valence electrons. The molecule has 0 aliphatic heterocycles. The number of carbonyl (C=O) groups excluding carboxylic acids is 2. The smallest absolute Gasteiger partial charge is 0.319 e. The average Bonchev–Trinajstić information content (AvgIpc) is 2.98. The lowest BCUT2D eigenvalue weighted by Crippen LogP contribution is -2.31. The summed E-state index contributed by atoms with van der Waals surface area (Å²) in [4.78, 5) is 30.2. The van der Waals surface area contributed by atoms with Crippen molar-refractivity contribution in [3.8, 4) is 17.2 Å². The second-order valence-electron chi connectivity index (χ2n) is 9.07. The molecule has 1 atom stereocenters. The van der Waals surface area contributed by atoms with Crippen LogP contribution in [0.15, 0.2) is 103 Å². The summed E-state index contributed by atoms with van der Waals surface area (Å²) < 4.78 is 11.4. The number of ketones is 1. The fourth-order valence-corrected chi connectivity index (χ4v) is 4.48. The zero-order valence-corrected chi connectivity index (χ0v) is 22.6. The summed E-state index contributed by atoms with van der Waals surface area (Å²) in [6.07, 6.45) is 1.71. The van der Waals surface area contributed by atoms with Gasteiger partial charge in [0, 0.05) is 27.7 Å². The molecular formula is C32H26ClN3O4. The van der Waals surface area contributed by atoms with Crippen LogP contribution in [0.3, 0.4) is 0 Å². The first-order valence-corrected chi connectivity index (χ1v) is 13.0. The Balaban J connectivity index is 1.30. The number of anilines is 1. The number of pyridine rings is 1. The van der Waals surface area contributed by atoms with Crippen LogP contribution in [-0.2, 0) is 0 Å². The first-order chi connectivity index (χ1) is 19.4. The topological polar surface area (TPSA) is 89.6 Å². The number of hydrogen-bond acceptors (Lipinski definition) is 5. The van der Waals surface area contributed by atoms with E-state index in [0.717, 1.165) is 10.8 Å². The highest BCUT2D eigenvalue weighted by Crippen LogP contribution is 2.33. The summed E-state index contributed by atoms with van der Waals surface area (Å²) in [7, 11) is 1.61. The Morgan fingerprint density at radius 1 is 0.850 bits per heavy atom. The number of nitrogens with zero attached hydrogens (tertiary/aromatic N) is 1. The highest BCUT2D eigenvalue weighted by molar-refractivity contribution is 6.31. The van der Waals surface area contributed by atoms with E-state index in [1.807, 2.05) is 49.4 Å². The summed E-state index contributed by atoms with van der Waals surface area (Å²) >= 11 is 6.23. The lowest BCUT2D eigenvalue weighted by Gasteiger charge is -2.18. The second kappa shape index (κ2) is 11.9. The van der Waals surface area contributed by atoms with Crippen LogP contribution >= 0.6 is 11.6 Å². The molecule has 2 amide bonds. The van der Waals surface area contributed by atoms with Gasteiger partial charge in [0.25, 0.3) is 0 Å². The van der Waals surface area contributed by atoms with Crippen LogP contribution in [-0.4, -0.2) is 23.9 Å².